The molecule has 1 saturated heterocycles. The highest BCUT2D eigenvalue weighted by Crippen LogP contribution is 2.28. The summed E-state index contributed by atoms with van der Waals surface area (Å²) in [4.78, 5) is 49.8. The Morgan fingerprint density at radius 3 is 1.77 bits per heavy atom. The molecule has 9 N–H and O–H groups in total. The number of H-pyrrole nitrogens is 3. The zero-order valence-electron chi connectivity index (χ0n) is 34.3. The molecule has 1 aliphatic heterocycles. The largest absolute Gasteiger partial charge is 0.477 e. The number of benzene rings is 3. The predicted molar refractivity (Wildman–Crippen MR) is 231 cm³/mol. The molecule has 3 aromatic carbocycles. The Labute approximate surface area is 369 Å². The number of aliphatic carboxylic acids is 1. The molecule has 0 radical (unpaired) electrons. The van der Waals surface area contributed by atoms with Crippen LogP contribution in [0.5, 0.6) is 0 Å². The number of fused-ring (bicyclic) bond motifs is 3. The van der Waals surface area contributed by atoms with Crippen molar-refractivity contribution in [3.8, 4) is 11.1 Å². The van der Waals surface area contributed by atoms with E-state index in [-0.39, 0.29) is 52.3 Å². The normalized spacial score (nSPS) is 12.4. The van der Waals surface area contributed by atoms with Crippen molar-refractivity contribution in [1.82, 2.24) is 40.5 Å². The molecule has 7 aromatic rings. The lowest BCUT2D eigenvalue weighted by Crippen LogP contribution is -2.36. The fourth-order valence-corrected chi connectivity index (χ4v) is 6.27. The first kappa shape index (κ1) is 48.8. The highest BCUT2D eigenvalue weighted by Gasteiger charge is 2.19. The number of amides is 3. The first-order valence-corrected chi connectivity index (χ1v) is 20.2. The van der Waals surface area contributed by atoms with Crippen LogP contribution in [0, 0.1) is 23.3 Å². The van der Waals surface area contributed by atoms with Gasteiger partial charge in [-0.1, -0.05) is 19.4 Å². The number of halogens is 7. The van der Waals surface area contributed by atoms with Crippen LogP contribution in [0.15, 0.2) is 60.8 Å². The number of carboxylic acid groups (broad SMARTS) is 1. The molecule has 17 nitrogen and oxygen atoms in total. The number of aromatic nitrogens is 7. The lowest BCUT2D eigenvalue weighted by atomic mass is 10.1. The highest BCUT2D eigenvalue weighted by molar-refractivity contribution is 6.29. The monoisotopic (exact) mass is 930 g/mol. The Bertz CT molecular complexity index is 2760. The molecule has 8 rings (SSSR count). The highest BCUT2D eigenvalue weighted by atomic mass is 35.5. The SMILES string of the molecule is CCCC(=O)Nc1n[nH]c2cc(-c3ccc(N)nc3)ccc12.O=C(CCl)Nc1n[nH]c2c(F)c(F)ccc12.O=C(CN1CCCCC1)Nc1n[nH]c2c(F)c(F)ccc12.O=C(O)C(F)F. The Kier molecular flexibility index (Phi) is 17.2. The lowest BCUT2D eigenvalue weighted by molar-refractivity contribution is -0.149. The molecule has 0 atom stereocenters. The van der Waals surface area contributed by atoms with Gasteiger partial charge in [0.25, 0.3) is 0 Å². The molecule has 0 bridgehead atoms. The van der Waals surface area contributed by atoms with E-state index in [2.05, 4.69) is 56.4 Å². The molecule has 5 heterocycles. The summed E-state index contributed by atoms with van der Waals surface area (Å²) in [7, 11) is 0. The fourth-order valence-electron chi connectivity index (χ4n) is 6.20. The van der Waals surface area contributed by atoms with E-state index in [0.717, 1.165) is 66.5 Å². The van der Waals surface area contributed by atoms with Crippen molar-refractivity contribution >= 4 is 91.3 Å². The van der Waals surface area contributed by atoms with Crippen molar-refractivity contribution in [3.05, 3.63) is 84.1 Å². The summed E-state index contributed by atoms with van der Waals surface area (Å²) < 4.78 is 73.9. The minimum Gasteiger partial charge on any atom is -0.477 e. The summed E-state index contributed by atoms with van der Waals surface area (Å²) in [5.41, 5.74) is 8.32. The van der Waals surface area contributed by atoms with Gasteiger partial charge >= 0.3 is 12.4 Å². The van der Waals surface area contributed by atoms with E-state index in [4.69, 9.17) is 27.2 Å². The first-order chi connectivity index (χ1) is 31.1. The molecule has 0 saturated carbocycles. The summed E-state index contributed by atoms with van der Waals surface area (Å²) in [6.45, 7) is 4.08. The van der Waals surface area contributed by atoms with Crippen LogP contribution in [0.2, 0.25) is 0 Å². The second kappa shape index (κ2) is 22.9. The number of nitrogens with two attached hydrogens (primary N) is 1. The van der Waals surface area contributed by atoms with Crippen molar-refractivity contribution in [2.75, 3.05) is 47.2 Å². The van der Waals surface area contributed by atoms with Crippen molar-refractivity contribution in [3.63, 3.8) is 0 Å². The Morgan fingerprint density at radius 2 is 1.25 bits per heavy atom. The summed E-state index contributed by atoms with van der Waals surface area (Å²) in [5, 5.41) is 36.0. The van der Waals surface area contributed by atoms with Crippen LogP contribution in [0.1, 0.15) is 39.0 Å². The number of carboxylic acids is 1. The number of hydrogen-bond acceptors (Lipinski definition) is 10. The van der Waals surface area contributed by atoms with Crippen molar-refractivity contribution < 1.29 is 50.6 Å². The van der Waals surface area contributed by atoms with Gasteiger partial charge in [0.05, 0.1) is 12.1 Å². The van der Waals surface area contributed by atoms with Crippen LogP contribution >= 0.6 is 11.6 Å². The lowest BCUT2D eigenvalue weighted by Gasteiger charge is -2.25. The van der Waals surface area contributed by atoms with Gasteiger partial charge in [-0.25, -0.2) is 27.3 Å². The standard InChI is InChI=1S/C16H17N5O.C14H16F2N4O.C9H6ClF2N3O.C2H2F2O2/c1-2-3-15(22)19-16-12-6-4-10(8-13(12)20-21-16)11-5-7-14(17)18-9-11;15-10-5-4-9-13(12(10)16)18-19-14(9)17-11(21)8-20-6-2-1-3-7-20;10-3-6(16)13-9-4-1-2-5(11)7(12)8(4)14-15-9;3-1(4)2(5)6/h4-9H,2-3H2,1H3,(H2,17,18)(H2,19,20,21,22);4-5H,1-3,6-8H2,(H2,17,18,19,21);1-2H,3H2,(H2,13,14,15,16);1H,(H,5,6). The fraction of sp³-hybridized carbons (Fsp3) is 0.268. The molecule has 4 aromatic heterocycles. The minimum absolute atomic E-state index is 0.0253. The van der Waals surface area contributed by atoms with Crippen molar-refractivity contribution in [1.29, 1.82) is 0 Å². The van der Waals surface area contributed by atoms with Gasteiger partial charge in [0, 0.05) is 34.3 Å². The zero-order chi connectivity index (χ0) is 47.2. The third-order valence-electron chi connectivity index (χ3n) is 9.32. The number of rotatable bonds is 10. The molecule has 65 heavy (non-hydrogen) atoms. The Balaban J connectivity index is 0.000000174. The number of nitrogen functional groups attached to an aromatic ring is 1. The van der Waals surface area contributed by atoms with Gasteiger partial charge < -0.3 is 26.8 Å². The number of hydrogen-bond donors (Lipinski definition) is 8. The maximum atomic E-state index is 13.6. The number of piperidine rings is 1. The molecule has 0 spiro atoms. The number of pyridine rings is 1. The number of alkyl halides is 3. The summed E-state index contributed by atoms with van der Waals surface area (Å²) >= 11 is 5.29. The molecular weight excluding hydrogens is 890 g/mol. The maximum Gasteiger partial charge on any atom is 0.371 e. The van der Waals surface area contributed by atoms with Gasteiger partial charge in [0.2, 0.25) is 17.7 Å². The second-order valence-corrected chi connectivity index (χ2v) is 14.3. The van der Waals surface area contributed by atoms with Gasteiger partial charge in [-0.15, -0.1) is 11.6 Å². The first-order valence-electron chi connectivity index (χ1n) is 19.6. The van der Waals surface area contributed by atoms with E-state index >= 15 is 0 Å². The van der Waals surface area contributed by atoms with Gasteiger partial charge in [-0.2, -0.15) is 24.1 Å². The van der Waals surface area contributed by atoms with Crippen LogP contribution in [0.3, 0.4) is 0 Å². The molecule has 24 heteroatoms. The van der Waals surface area contributed by atoms with Crippen LogP contribution < -0.4 is 21.7 Å². The molecule has 3 amide bonds. The van der Waals surface area contributed by atoms with Gasteiger partial charge in [0.1, 0.15) is 22.7 Å². The maximum absolute atomic E-state index is 13.6. The summed E-state index contributed by atoms with van der Waals surface area (Å²) in [5.74, 6) is -5.55. The van der Waals surface area contributed by atoms with E-state index in [0.29, 0.717) is 23.4 Å². The van der Waals surface area contributed by atoms with Crippen LogP contribution in [-0.4, -0.2) is 101 Å². The number of aromatic amines is 3. The van der Waals surface area contributed by atoms with Gasteiger partial charge in [-0.05, 0) is 86.4 Å². The number of carbonyl (C=O) groups excluding carboxylic acids is 3. The van der Waals surface area contributed by atoms with Crippen molar-refractivity contribution in [2.24, 2.45) is 0 Å². The Morgan fingerprint density at radius 1 is 0.738 bits per heavy atom. The number of nitrogens with one attached hydrogen (secondary N) is 6. The quantitative estimate of drug-likeness (QED) is 0.0491. The zero-order valence-corrected chi connectivity index (χ0v) is 35.0. The second-order valence-electron chi connectivity index (χ2n) is 14.0. The molecular formula is C41H41ClF6N12O5. The van der Waals surface area contributed by atoms with E-state index in [1.54, 1.807) is 12.3 Å². The van der Waals surface area contributed by atoms with Crippen molar-refractivity contribution in [2.45, 2.75) is 45.5 Å². The van der Waals surface area contributed by atoms with Crippen LogP contribution in [0.4, 0.5) is 49.6 Å². The van der Waals surface area contributed by atoms with Gasteiger partial charge in [-0.3, -0.25) is 34.6 Å². The predicted octanol–water partition coefficient (Wildman–Crippen LogP) is 7.57. The molecule has 0 unspecified atom stereocenters. The number of anilines is 4. The topological polar surface area (TPSA) is 253 Å². The van der Waals surface area contributed by atoms with E-state index in [1.807, 2.05) is 31.2 Å². The number of nitrogens with zero attached hydrogens (tertiary/aromatic N) is 5. The smallest absolute Gasteiger partial charge is 0.371 e. The number of likely N-dealkylation sites (tertiary alicyclic amines) is 1. The summed E-state index contributed by atoms with van der Waals surface area (Å²) in [6, 6.07) is 14.3. The molecule has 344 valence electrons. The molecule has 1 fully saturated rings. The Hall–Kier alpha value is -7.27. The van der Waals surface area contributed by atoms with Gasteiger partial charge in [0.15, 0.2) is 40.7 Å². The van der Waals surface area contributed by atoms with E-state index in [1.165, 1.54) is 18.6 Å². The molecule has 0 aliphatic carbocycles. The molecule has 1 aliphatic rings. The average molecular weight is 931 g/mol. The average Bonchev–Trinajstić information content (AvgIpc) is 4.02. The third-order valence-corrected chi connectivity index (χ3v) is 9.56. The van der Waals surface area contributed by atoms with Crippen LogP contribution in [0.25, 0.3) is 43.8 Å². The minimum atomic E-state index is -3.23. The number of carbonyl (C=O) groups is 4. The van der Waals surface area contributed by atoms with E-state index < -0.39 is 41.6 Å². The summed E-state index contributed by atoms with van der Waals surface area (Å²) in [6.07, 6.45) is 3.20. The van der Waals surface area contributed by atoms with E-state index in [9.17, 15) is 40.7 Å². The van der Waals surface area contributed by atoms with Crippen LogP contribution in [-0.2, 0) is 19.2 Å². The third kappa shape index (κ3) is 13.1.